The van der Waals surface area contributed by atoms with Crippen LogP contribution in [0.4, 0.5) is 5.69 Å². The van der Waals surface area contributed by atoms with Crippen LogP contribution in [0.3, 0.4) is 0 Å². The number of carbonyl (C=O) groups excluding carboxylic acids is 1. The van der Waals surface area contributed by atoms with Crippen molar-refractivity contribution in [3.05, 3.63) is 24.0 Å². The van der Waals surface area contributed by atoms with E-state index in [1.165, 1.54) is 7.48 Å². The Morgan fingerprint density at radius 3 is 3.40 bits per heavy atom. The molecule has 77 valence electrons. The predicted octanol–water partition coefficient (Wildman–Crippen LogP) is -0.0833. The summed E-state index contributed by atoms with van der Waals surface area (Å²) < 4.78 is 4.93. The van der Waals surface area contributed by atoms with Crippen molar-refractivity contribution >= 4 is 19.1 Å². The first-order chi connectivity index (χ1) is 7.31. The van der Waals surface area contributed by atoms with E-state index in [4.69, 9.17) is 10.4 Å². The summed E-state index contributed by atoms with van der Waals surface area (Å²) in [7, 11) is 1.48. The fourth-order valence-corrected chi connectivity index (χ4v) is 1.55. The first-order valence-electron chi connectivity index (χ1n) is 4.70. The molecule has 0 spiro atoms. The average Bonchev–Trinajstić information content (AvgIpc) is 2.26. The summed E-state index contributed by atoms with van der Waals surface area (Å²) >= 11 is 0. The zero-order chi connectivity index (χ0) is 10.7. The molecule has 6 heteroatoms. The van der Waals surface area contributed by atoms with Gasteiger partial charge in [0.15, 0.2) is 0 Å². The molecule has 15 heavy (non-hydrogen) atoms. The maximum atomic E-state index is 11.6. The summed E-state index contributed by atoms with van der Waals surface area (Å²) in [6.07, 6.45) is 4.01. The van der Waals surface area contributed by atoms with Crippen LogP contribution in [0.1, 0.15) is 5.56 Å². The number of nitrogens with one attached hydrogen (secondary N) is 1. The van der Waals surface area contributed by atoms with Gasteiger partial charge in [-0.3, -0.25) is 9.78 Å². The summed E-state index contributed by atoms with van der Waals surface area (Å²) in [5, 5.41) is 2.79. The maximum absolute atomic E-state index is 11.6. The fraction of sp³-hybridized carbons (Fsp3) is 0.333. The van der Waals surface area contributed by atoms with E-state index in [0.717, 1.165) is 11.3 Å². The zero-order valence-electron chi connectivity index (χ0n) is 8.14. The second-order valence-electron chi connectivity index (χ2n) is 3.30. The van der Waals surface area contributed by atoms with E-state index in [9.17, 15) is 4.79 Å². The number of nitrogens with two attached hydrogens (primary N) is 1. The van der Waals surface area contributed by atoms with Gasteiger partial charge in [0.1, 0.15) is 0 Å². The molecule has 0 saturated heterocycles. The number of rotatable bonds is 3. The van der Waals surface area contributed by atoms with Crippen molar-refractivity contribution in [1.82, 2.24) is 4.98 Å². The van der Waals surface area contributed by atoms with Crippen molar-refractivity contribution < 1.29 is 9.45 Å². The highest BCUT2D eigenvalue weighted by atomic mass is 16.4. The molecule has 2 heterocycles. The van der Waals surface area contributed by atoms with Crippen LogP contribution < -0.4 is 11.1 Å². The Balaban J connectivity index is 2.11. The highest BCUT2D eigenvalue weighted by Crippen LogP contribution is 2.26. The van der Waals surface area contributed by atoms with E-state index in [0.29, 0.717) is 6.42 Å². The van der Waals surface area contributed by atoms with Gasteiger partial charge in [-0.2, -0.15) is 0 Å². The van der Waals surface area contributed by atoms with Crippen molar-refractivity contribution in [3.8, 4) is 0 Å². The van der Waals surface area contributed by atoms with Crippen LogP contribution in [0.2, 0.25) is 5.82 Å². The van der Waals surface area contributed by atoms with E-state index in [-0.39, 0.29) is 18.5 Å². The number of amides is 1. The van der Waals surface area contributed by atoms with Gasteiger partial charge in [0, 0.05) is 23.9 Å². The summed E-state index contributed by atoms with van der Waals surface area (Å²) in [5.41, 5.74) is 7.03. The van der Waals surface area contributed by atoms with E-state index in [2.05, 4.69) is 10.3 Å². The van der Waals surface area contributed by atoms with Gasteiger partial charge in [-0.1, -0.05) is 0 Å². The molecule has 0 aliphatic carbocycles. The average molecular weight is 204 g/mol. The van der Waals surface area contributed by atoms with Gasteiger partial charge in [0.2, 0.25) is 5.91 Å². The Labute approximate surface area is 88.3 Å². The van der Waals surface area contributed by atoms with Gasteiger partial charge in [0.05, 0.1) is 6.73 Å². The van der Waals surface area contributed by atoms with Crippen molar-refractivity contribution in [2.45, 2.75) is 12.2 Å². The first kappa shape index (κ1) is 10.1. The van der Waals surface area contributed by atoms with Crippen molar-refractivity contribution in [2.24, 2.45) is 5.73 Å². The van der Waals surface area contributed by atoms with E-state index in [1.54, 1.807) is 18.5 Å². The Hall–Kier alpha value is -1.40. The van der Waals surface area contributed by atoms with Crippen LogP contribution in [0.25, 0.3) is 0 Å². The second-order valence-corrected chi connectivity index (χ2v) is 3.30. The van der Waals surface area contributed by atoms with Crippen LogP contribution in [0, 0.1) is 0 Å². The Kier molecular flexibility index (Phi) is 2.98. The SMILES string of the molecule is NCO[B]C1Cc2cnccc2NC1=O. The number of carbonyl (C=O) groups is 1. The monoisotopic (exact) mass is 204 g/mol. The number of hydrogen-bond acceptors (Lipinski definition) is 4. The lowest BCUT2D eigenvalue weighted by Crippen LogP contribution is -2.31. The molecule has 1 aromatic heterocycles. The van der Waals surface area contributed by atoms with Crippen molar-refractivity contribution in [2.75, 3.05) is 12.0 Å². The molecule has 0 saturated carbocycles. The number of aromatic nitrogens is 1. The molecule has 1 radical (unpaired) electrons. The topological polar surface area (TPSA) is 77.2 Å². The number of anilines is 1. The molecule has 1 amide bonds. The van der Waals surface area contributed by atoms with E-state index in [1.807, 2.05) is 0 Å². The molecule has 1 aliphatic heterocycles. The van der Waals surface area contributed by atoms with Gasteiger partial charge >= 0.3 is 7.48 Å². The lowest BCUT2D eigenvalue weighted by molar-refractivity contribution is -0.116. The molecule has 0 aromatic carbocycles. The Morgan fingerprint density at radius 2 is 2.60 bits per heavy atom. The molecule has 1 unspecified atom stereocenters. The van der Waals surface area contributed by atoms with Gasteiger partial charge in [-0.15, -0.1) is 0 Å². The lowest BCUT2D eigenvalue weighted by atomic mass is 9.73. The van der Waals surface area contributed by atoms with Crippen LogP contribution in [-0.4, -0.2) is 25.1 Å². The normalized spacial score (nSPS) is 19.3. The van der Waals surface area contributed by atoms with Crippen LogP contribution >= 0.6 is 0 Å². The van der Waals surface area contributed by atoms with Crippen LogP contribution in [0.5, 0.6) is 0 Å². The molecule has 0 fully saturated rings. The van der Waals surface area contributed by atoms with Gasteiger partial charge < -0.3 is 15.7 Å². The smallest absolute Gasteiger partial charge is 0.307 e. The van der Waals surface area contributed by atoms with Gasteiger partial charge in [0.25, 0.3) is 0 Å². The summed E-state index contributed by atoms with van der Waals surface area (Å²) in [5.74, 6) is -0.354. The Morgan fingerprint density at radius 1 is 1.73 bits per heavy atom. The minimum absolute atomic E-state index is 0.0675. The van der Waals surface area contributed by atoms with Crippen LogP contribution in [0.15, 0.2) is 18.5 Å². The minimum Gasteiger partial charge on any atom is -0.428 e. The van der Waals surface area contributed by atoms with Gasteiger partial charge in [-0.25, -0.2) is 0 Å². The standard InChI is InChI=1S/C9H11BN3O2/c11-5-15-10-7-3-6-4-12-2-1-8(6)13-9(7)14/h1-2,4,7H,3,5,11H2,(H,13,14). The highest BCUT2D eigenvalue weighted by Gasteiger charge is 2.27. The third-order valence-corrected chi connectivity index (χ3v) is 2.29. The Bertz CT molecular complexity index is 372. The molecule has 1 aromatic rings. The third-order valence-electron chi connectivity index (χ3n) is 2.29. The molecule has 1 aliphatic rings. The maximum Gasteiger partial charge on any atom is 0.307 e. The van der Waals surface area contributed by atoms with Crippen molar-refractivity contribution in [1.29, 1.82) is 0 Å². The molecular formula is C9H11BN3O2. The predicted molar refractivity (Wildman–Crippen MR) is 56.2 cm³/mol. The third kappa shape index (κ3) is 2.16. The van der Waals surface area contributed by atoms with E-state index < -0.39 is 0 Å². The lowest BCUT2D eigenvalue weighted by Gasteiger charge is -2.22. The van der Waals surface area contributed by atoms with E-state index >= 15 is 0 Å². The highest BCUT2D eigenvalue weighted by molar-refractivity contribution is 6.39. The fourth-order valence-electron chi connectivity index (χ4n) is 1.55. The van der Waals surface area contributed by atoms with Gasteiger partial charge in [-0.05, 0) is 18.1 Å². The zero-order valence-corrected chi connectivity index (χ0v) is 8.14. The van der Waals surface area contributed by atoms with Crippen LogP contribution in [-0.2, 0) is 15.9 Å². The summed E-state index contributed by atoms with van der Waals surface area (Å²) in [4.78, 5) is 15.6. The minimum atomic E-state index is -0.287. The quantitative estimate of drug-likeness (QED) is 0.533. The molecule has 5 nitrogen and oxygen atoms in total. The number of pyridine rings is 1. The molecule has 0 bridgehead atoms. The first-order valence-corrected chi connectivity index (χ1v) is 4.70. The number of fused-ring (bicyclic) bond motifs is 1. The summed E-state index contributed by atoms with van der Waals surface area (Å²) in [6, 6.07) is 1.78. The molecule has 2 rings (SSSR count). The molecular weight excluding hydrogens is 193 g/mol. The summed E-state index contributed by atoms with van der Waals surface area (Å²) in [6.45, 7) is 0.0870. The number of hydrogen-bond donors (Lipinski definition) is 2. The molecule has 3 N–H and O–H groups in total. The second kappa shape index (κ2) is 4.42. The molecule has 1 atom stereocenters. The number of nitrogens with zero attached hydrogens (tertiary/aromatic N) is 1. The van der Waals surface area contributed by atoms with Crippen molar-refractivity contribution in [3.63, 3.8) is 0 Å². The largest absolute Gasteiger partial charge is 0.428 e.